The van der Waals surface area contributed by atoms with E-state index in [2.05, 4.69) is 23.8 Å². The summed E-state index contributed by atoms with van der Waals surface area (Å²) < 4.78 is 0. The first-order valence-electron chi connectivity index (χ1n) is 4.48. The van der Waals surface area contributed by atoms with Crippen molar-refractivity contribution in [3.8, 4) is 0 Å². The van der Waals surface area contributed by atoms with Crippen molar-refractivity contribution in [1.82, 2.24) is 10.6 Å². The fourth-order valence-corrected chi connectivity index (χ4v) is 2.25. The summed E-state index contributed by atoms with van der Waals surface area (Å²) in [6.45, 7) is 2.31. The molecule has 0 radical (unpaired) electrons. The normalized spacial score (nSPS) is 36.6. The zero-order chi connectivity index (χ0) is 7.68. The van der Waals surface area contributed by atoms with Gasteiger partial charge in [0.2, 0.25) is 0 Å². The van der Waals surface area contributed by atoms with E-state index in [1.165, 1.54) is 19.4 Å². The summed E-state index contributed by atoms with van der Waals surface area (Å²) in [6, 6.07) is 0.727. The third kappa shape index (κ3) is 1.21. The van der Waals surface area contributed by atoms with E-state index in [-0.39, 0.29) is 0 Å². The van der Waals surface area contributed by atoms with Gasteiger partial charge < -0.3 is 10.6 Å². The minimum atomic E-state index is 0.727. The molecule has 0 unspecified atom stereocenters. The van der Waals surface area contributed by atoms with E-state index in [0.29, 0.717) is 0 Å². The highest BCUT2D eigenvalue weighted by atomic mass is 15.0. The Balaban J connectivity index is 2.12. The van der Waals surface area contributed by atoms with Gasteiger partial charge in [0.05, 0.1) is 0 Å². The molecule has 0 spiro atoms. The van der Waals surface area contributed by atoms with Crippen molar-refractivity contribution in [3.63, 3.8) is 0 Å². The van der Waals surface area contributed by atoms with Gasteiger partial charge in [-0.1, -0.05) is 11.6 Å². The smallest absolute Gasteiger partial charge is 0.0168 e. The molecule has 62 valence electrons. The van der Waals surface area contributed by atoms with E-state index in [0.717, 1.165) is 18.5 Å². The Hall–Kier alpha value is -0.340. The quantitative estimate of drug-likeness (QED) is 0.535. The average molecular weight is 152 g/mol. The second-order valence-electron chi connectivity index (χ2n) is 3.49. The van der Waals surface area contributed by atoms with Gasteiger partial charge in [0, 0.05) is 25.0 Å². The van der Waals surface area contributed by atoms with E-state index in [9.17, 15) is 0 Å². The maximum Gasteiger partial charge on any atom is 0.0168 e. The summed E-state index contributed by atoms with van der Waals surface area (Å²) in [6.07, 6.45) is 4.99. The van der Waals surface area contributed by atoms with E-state index < -0.39 is 0 Å². The van der Waals surface area contributed by atoms with Crippen molar-refractivity contribution < 1.29 is 0 Å². The first-order chi connectivity index (χ1) is 5.42. The summed E-state index contributed by atoms with van der Waals surface area (Å²) >= 11 is 0. The summed E-state index contributed by atoms with van der Waals surface area (Å²) in [5.41, 5.74) is 1.63. The summed E-state index contributed by atoms with van der Waals surface area (Å²) in [7, 11) is 2.08. The first-order valence-corrected chi connectivity index (χ1v) is 4.48. The van der Waals surface area contributed by atoms with Crippen molar-refractivity contribution in [1.29, 1.82) is 0 Å². The molecule has 0 bridgehead atoms. The van der Waals surface area contributed by atoms with Gasteiger partial charge in [-0.15, -0.1) is 0 Å². The Morgan fingerprint density at radius 1 is 1.64 bits per heavy atom. The highest BCUT2D eigenvalue weighted by molar-refractivity contribution is 5.19. The zero-order valence-corrected chi connectivity index (χ0v) is 7.06. The third-order valence-electron chi connectivity index (χ3n) is 2.91. The molecule has 2 nitrogen and oxygen atoms in total. The van der Waals surface area contributed by atoms with Gasteiger partial charge in [-0.3, -0.25) is 0 Å². The largest absolute Gasteiger partial charge is 0.316 e. The van der Waals surface area contributed by atoms with Crippen LogP contribution in [0.1, 0.15) is 12.8 Å². The van der Waals surface area contributed by atoms with Gasteiger partial charge in [-0.05, 0) is 19.9 Å². The van der Waals surface area contributed by atoms with Crippen LogP contribution < -0.4 is 10.6 Å². The van der Waals surface area contributed by atoms with Crippen molar-refractivity contribution in [2.24, 2.45) is 5.92 Å². The highest BCUT2D eigenvalue weighted by Gasteiger charge is 2.29. The Labute approximate surface area is 68.1 Å². The lowest BCUT2D eigenvalue weighted by molar-refractivity contribution is 0.401. The van der Waals surface area contributed by atoms with Gasteiger partial charge in [-0.25, -0.2) is 0 Å². The molecule has 0 aromatic rings. The molecule has 1 heterocycles. The lowest BCUT2D eigenvalue weighted by Crippen LogP contribution is -2.36. The molecule has 2 heteroatoms. The summed E-state index contributed by atoms with van der Waals surface area (Å²) in [4.78, 5) is 0. The highest BCUT2D eigenvalue weighted by Crippen LogP contribution is 2.27. The molecule has 1 fully saturated rings. The van der Waals surface area contributed by atoms with Crippen LogP contribution in [-0.2, 0) is 0 Å². The lowest BCUT2D eigenvalue weighted by atomic mass is 9.86. The van der Waals surface area contributed by atoms with E-state index in [4.69, 9.17) is 0 Å². The summed E-state index contributed by atoms with van der Waals surface area (Å²) in [5, 5.41) is 6.81. The number of allylic oxidation sites excluding steroid dienone is 1. The molecule has 2 atom stereocenters. The second kappa shape index (κ2) is 2.95. The molecule has 0 saturated carbocycles. The first kappa shape index (κ1) is 7.32. The number of nitrogens with one attached hydrogen (secondary N) is 2. The molecule has 2 aliphatic rings. The molecule has 1 saturated heterocycles. The molecule has 1 aliphatic heterocycles. The van der Waals surface area contributed by atoms with Crippen LogP contribution in [0.5, 0.6) is 0 Å². The van der Waals surface area contributed by atoms with Crippen LogP contribution in [-0.4, -0.2) is 26.2 Å². The fraction of sp³-hybridized carbons (Fsp3) is 0.778. The Bertz CT molecular complexity index is 174. The van der Waals surface area contributed by atoms with E-state index in [1.807, 2.05) is 0 Å². The van der Waals surface area contributed by atoms with Gasteiger partial charge in [-0.2, -0.15) is 0 Å². The summed E-state index contributed by atoms with van der Waals surface area (Å²) in [5.74, 6) is 0.786. The topological polar surface area (TPSA) is 24.1 Å². The molecule has 1 aliphatic carbocycles. The van der Waals surface area contributed by atoms with Crippen LogP contribution in [0, 0.1) is 5.92 Å². The van der Waals surface area contributed by atoms with E-state index in [1.54, 1.807) is 5.57 Å². The zero-order valence-electron chi connectivity index (χ0n) is 7.06. The van der Waals surface area contributed by atoms with Crippen LogP contribution in [0.3, 0.4) is 0 Å². The minimum Gasteiger partial charge on any atom is -0.316 e. The molecule has 0 aromatic carbocycles. The standard InChI is InChI=1S/C9H16N2/c1-10-9-4-2-3-7-5-11-6-8(7)9/h3,8-11H,2,4-6H2,1H3/t8-,9+/m1/s1. The monoisotopic (exact) mass is 152 g/mol. The lowest BCUT2D eigenvalue weighted by Gasteiger charge is -2.27. The minimum absolute atomic E-state index is 0.727. The maximum absolute atomic E-state index is 3.42. The van der Waals surface area contributed by atoms with Gasteiger partial charge in [0.25, 0.3) is 0 Å². The molecular formula is C9H16N2. The average Bonchev–Trinajstić information content (AvgIpc) is 2.50. The Morgan fingerprint density at radius 2 is 2.55 bits per heavy atom. The van der Waals surface area contributed by atoms with Crippen LogP contribution in [0.2, 0.25) is 0 Å². The Kier molecular flexibility index (Phi) is 1.96. The van der Waals surface area contributed by atoms with Gasteiger partial charge in [0.1, 0.15) is 0 Å². The maximum atomic E-state index is 3.42. The molecule has 0 amide bonds. The molecular weight excluding hydrogens is 136 g/mol. The van der Waals surface area contributed by atoms with Crippen LogP contribution in [0.25, 0.3) is 0 Å². The number of hydrogen-bond donors (Lipinski definition) is 2. The second-order valence-corrected chi connectivity index (χ2v) is 3.49. The van der Waals surface area contributed by atoms with Crippen LogP contribution in [0.15, 0.2) is 11.6 Å². The van der Waals surface area contributed by atoms with Crippen molar-refractivity contribution in [3.05, 3.63) is 11.6 Å². The number of fused-ring (bicyclic) bond motifs is 1. The third-order valence-corrected chi connectivity index (χ3v) is 2.91. The molecule has 2 N–H and O–H groups in total. The van der Waals surface area contributed by atoms with Gasteiger partial charge >= 0.3 is 0 Å². The molecule has 2 rings (SSSR count). The van der Waals surface area contributed by atoms with Crippen molar-refractivity contribution >= 4 is 0 Å². The molecule has 11 heavy (non-hydrogen) atoms. The van der Waals surface area contributed by atoms with Crippen molar-refractivity contribution in [2.45, 2.75) is 18.9 Å². The Morgan fingerprint density at radius 3 is 3.36 bits per heavy atom. The van der Waals surface area contributed by atoms with Crippen molar-refractivity contribution in [2.75, 3.05) is 20.1 Å². The SMILES string of the molecule is CN[C@H]1CCC=C2CNC[C@H]21. The molecule has 0 aromatic heterocycles. The predicted molar refractivity (Wildman–Crippen MR) is 46.5 cm³/mol. The predicted octanol–water partition coefficient (Wildman–Crippen LogP) is 0.514. The van der Waals surface area contributed by atoms with Crippen LogP contribution in [0.4, 0.5) is 0 Å². The fourth-order valence-electron chi connectivity index (χ4n) is 2.25. The van der Waals surface area contributed by atoms with Gasteiger partial charge in [0.15, 0.2) is 0 Å². The number of rotatable bonds is 1. The van der Waals surface area contributed by atoms with E-state index >= 15 is 0 Å². The number of hydrogen-bond acceptors (Lipinski definition) is 2. The van der Waals surface area contributed by atoms with Crippen LogP contribution >= 0.6 is 0 Å².